The molecule has 37 heavy (non-hydrogen) atoms. The average molecular weight is 543 g/mol. The molecule has 3 atom stereocenters. The van der Waals surface area contributed by atoms with Gasteiger partial charge in [0.1, 0.15) is 5.75 Å². The number of thioether (sulfide) groups is 1. The van der Waals surface area contributed by atoms with Gasteiger partial charge < -0.3 is 19.8 Å². The number of pyridine rings is 1. The Balaban J connectivity index is 1.30. The molecular formula is C29H35ClN2O4S. The zero-order valence-corrected chi connectivity index (χ0v) is 22.8. The number of carbonyl (C=O) groups is 1. The maximum Gasteiger partial charge on any atom is 0.303 e. The summed E-state index contributed by atoms with van der Waals surface area (Å²) in [5, 5.41) is 22.3. The van der Waals surface area contributed by atoms with Crippen LogP contribution in [-0.2, 0) is 4.79 Å². The Morgan fingerprint density at radius 1 is 1.22 bits per heavy atom. The lowest BCUT2D eigenvalue weighted by Crippen LogP contribution is -2.42. The van der Waals surface area contributed by atoms with Crippen LogP contribution < -0.4 is 4.74 Å². The highest BCUT2D eigenvalue weighted by Crippen LogP contribution is 2.35. The molecule has 1 saturated heterocycles. The van der Waals surface area contributed by atoms with Gasteiger partial charge in [-0.05, 0) is 110 Å². The van der Waals surface area contributed by atoms with Gasteiger partial charge in [0.15, 0.2) is 0 Å². The van der Waals surface area contributed by atoms with Crippen molar-refractivity contribution in [2.75, 3.05) is 32.5 Å². The molecule has 1 aromatic heterocycles. The third kappa shape index (κ3) is 7.84. The SMILES string of the molecule is COc1ccc2nccc([C@H](O)CC[C@@H]3CCN(CCCSc4ccc(Cl)cc4)C[C@@H]3CC(=O)O)c2c1. The second-order valence-corrected chi connectivity index (χ2v) is 11.3. The number of fused-ring (bicyclic) bond motifs is 1. The zero-order valence-electron chi connectivity index (χ0n) is 21.2. The summed E-state index contributed by atoms with van der Waals surface area (Å²) in [5.74, 6) is 1.38. The predicted octanol–water partition coefficient (Wildman–Crippen LogP) is 6.31. The average Bonchev–Trinajstić information content (AvgIpc) is 2.90. The van der Waals surface area contributed by atoms with Crippen molar-refractivity contribution in [3.63, 3.8) is 0 Å². The zero-order chi connectivity index (χ0) is 26.2. The quantitative estimate of drug-likeness (QED) is 0.205. The molecule has 6 nitrogen and oxygen atoms in total. The Bertz CT molecular complexity index is 1180. The van der Waals surface area contributed by atoms with Crippen LogP contribution in [0.3, 0.4) is 0 Å². The Labute approximate surface area is 228 Å². The van der Waals surface area contributed by atoms with Crippen LogP contribution in [-0.4, -0.2) is 58.6 Å². The van der Waals surface area contributed by atoms with Gasteiger partial charge in [-0.25, -0.2) is 0 Å². The summed E-state index contributed by atoms with van der Waals surface area (Å²) in [6.45, 7) is 2.74. The maximum atomic E-state index is 11.6. The first-order valence-corrected chi connectivity index (χ1v) is 14.2. The molecule has 0 unspecified atom stereocenters. The van der Waals surface area contributed by atoms with E-state index in [1.165, 1.54) is 4.90 Å². The van der Waals surface area contributed by atoms with E-state index >= 15 is 0 Å². The van der Waals surface area contributed by atoms with Crippen LogP contribution in [0, 0.1) is 11.8 Å². The van der Waals surface area contributed by atoms with Crippen molar-refractivity contribution in [2.45, 2.75) is 43.1 Å². The number of ether oxygens (including phenoxy) is 1. The summed E-state index contributed by atoms with van der Waals surface area (Å²) in [5.41, 5.74) is 1.66. The van der Waals surface area contributed by atoms with Crippen LogP contribution in [0.1, 0.15) is 43.8 Å². The Morgan fingerprint density at radius 3 is 2.78 bits per heavy atom. The van der Waals surface area contributed by atoms with Crippen LogP contribution in [0.15, 0.2) is 59.6 Å². The van der Waals surface area contributed by atoms with Crippen LogP contribution in [0.5, 0.6) is 5.75 Å². The van der Waals surface area contributed by atoms with Gasteiger partial charge in [-0.1, -0.05) is 11.6 Å². The number of aliphatic carboxylic acids is 1. The minimum Gasteiger partial charge on any atom is -0.497 e. The normalized spacial score (nSPS) is 19.1. The number of aliphatic hydroxyl groups excluding tert-OH is 1. The number of aliphatic hydroxyl groups is 1. The lowest BCUT2D eigenvalue weighted by molar-refractivity contribution is -0.139. The molecule has 0 spiro atoms. The fraction of sp³-hybridized carbons (Fsp3) is 0.448. The largest absolute Gasteiger partial charge is 0.497 e. The second kappa shape index (κ2) is 13.5. The fourth-order valence-electron chi connectivity index (χ4n) is 5.30. The van der Waals surface area contributed by atoms with Crippen molar-refractivity contribution >= 4 is 40.2 Å². The van der Waals surface area contributed by atoms with E-state index in [-0.39, 0.29) is 18.3 Å². The van der Waals surface area contributed by atoms with Crippen molar-refractivity contribution in [3.8, 4) is 5.75 Å². The van der Waals surface area contributed by atoms with E-state index in [9.17, 15) is 15.0 Å². The number of carboxylic acids is 1. The van der Waals surface area contributed by atoms with Crippen molar-refractivity contribution in [2.24, 2.45) is 11.8 Å². The first kappa shape index (κ1) is 27.7. The third-order valence-electron chi connectivity index (χ3n) is 7.27. The van der Waals surface area contributed by atoms with Gasteiger partial charge in [0.05, 0.1) is 18.7 Å². The Morgan fingerprint density at radius 2 is 2.03 bits per heavy atom. The van der Waals surface area contributed by atoms with Crippen LogP contribution in [0.4, 0.5) is 0 Å². The molecule has 3 aromatic rings. The molecule has 0 amide bonds. The Hall–Kier alpha value is -2.32. The smallest absolute Gasteiger partial charge is 0.303 e. The number of methoxy groups -OCH3 is 1. The summed E-state index contributed by atoms with van der Waals surface area (Å²) in [6.07, 6.45) is 4.67. The molecule has 0 aliphatic carbocycles. The molecule has 0 saturated carbocycles. The summed E-state index contributed by atoms with van der Waals surface area (Å²) in [7, 11) is 1.63. The third-order valence-corrected chi connectivity index (χ3v) is 8.62. The number of nitrogens with zero attached hydrogens (tertiary/aromatic N) is 2. The second-order valence-electron chi connectivity index (χ2n) is 9.74. The van der Waals surface area contributed by atoms with Gasteiger partial charge >= 0.3 is 5.97 Å². The first-order chi connectivity index (χ1) is 17.9. The van der Waals surface area contributed by atoms with E-state index in [1.807, 2.05) is 60.3 Å². The standard InChI is InChI=1S/C29H35ClN2O4S/c1-36-23-6-9-27-26(18-23)25(11-13-31-27)28(33)10-3-20-12-15-32(19-21(20)17-29(34)35)14-2-16-37-24-7-4-22(30)5-8-24/h4-9,11,13,18,20-21,28,33H,2-3,10,12,14-17,19H2,1H3,(H,34,35)/t20-,21+,28-/m1/s1. The number of hydrogen-bond acceptors (Lipinski definition) is 6. The van der Waals surface area contributed by atoms with E-state index in [4.69, 9.17) is 16.3 Å². The van der Waals surface area contributed by atoms with Gasteiger partial charge in [-0.2, -0.15) is 0 Å². The summed E-state index contributed by atoms with van der Waals surface area (Å²) < 4.78 is 5.36. The van der Waals surface area contributed by atoms with Gasteiger partial charge in [-0.15, -0.1) is 11.8 Å². The van der Waals surface area contributed by atoms with Gasteiger partial charge in [0, 0.05) is 34.5 Å². The van der Waals surface area contributed by atoms with Crippen molar-refractivity contribution in [1.29, 1.82) is 0 Å². The maximum absolute atomic E-state index is 11.6. The molecule has 198 valence electrons. The number of benzene rings is 2. The number of rotatable bonds is 12. The highest BCUT2D eigenvalue weighted by atomic mass is 35.5. The highest BCUT2D eigenvalue weighted by Gasteiger charge is 2.31. The summed E-state index contributed by atoms with van der Waals surface area (Å²) in [4.78, 5) is 19.7. The molecule has 2 heterocycles. The summed E-state index contributed by atoms with van der Waals surface area (Å²) >= 11 is 7.78. The number of likely N-dealkylation sites (tertiary alicyclic amines) is 1. The van der Waals surface area contributed by atoms with E-state index in [0.717, 1.165) is 71.9 Å². The van der Waals surface area contributed by atoms with Gasteiger partial charge in [0.25, 0.3) is 0 Å². The lowest BCUT2D eigenvalue weighted by Gasteiger charge is -2.38. The highest BCUT2D eigenvalue weighted by molar-refractivity contribution is 7.99. The van der Waals surface area contributed by atoms with Crippen molar-refractivity contribution in [1.82, 2.24) is 9.88 Å². The molecule has 0 bridgehead atoms. The number of halogens is 1. The van der Waals surface area contributed by atoms with Crippen molar-refractivity contribution < 1.29 is 19.7 Å². The van der Waals surface area contributed by atoms with Gasteiger partial charge in [0.2, 0.25) is 0 Å². The molecule has 1 aliphatic heterocycles. The number of hydrogen-bond donors (Lipinski definition) is 2. The number of piperidine rings is 1. The molecule has 4 rings (SSSR count). The molecule has 0 radical (unpaired) electrons. The molecule has 8 heteroatoms. The van der Waals surface area contributed by atoms with Gasteiger partial charge in [-0.3, -0.25) is 9.78 Å². The number of aromatic nitrogens is 1. The van der Waals surface area contributed by atoms with Crippen molar-refractivity contribution in [3.05, 3.63) is 65.3 Å². The van der Waals surface area contributed by atoms with E-state index in [0.29, 0.717) is 6.42 Å². The minimum absolute atomic E-state index is 0.0941. The molecular weight excluding hydrogens is 508 g/mol. The first-order valence-electron chi connectivity index (χ1n) is 12.9. The van der Waals surface area contributed by atoms with Crippen LogP contribution >= 0.6 is 23.4 Å². The minimum atomic E-state index is -0.747. The number of carboxylic acid groups (broad SMARTS) is 1. The lowest BCUT2D eigenvalue weighted by atomic mass is 9.79. The summed E-state index contributed by atoms with van der Waals surface area (Å²) in [6, 6.07) is 15.5. The Kier molecular flexibility index (Phi) is 10.1. The van der Waals surface area contributed by atoms with E-state index < -0.39 is 12.1 Å². The fourth-order valence-corrected chi connectivity index (χ4v) is 6.26. The molecule has 2 N–H and O–H groups in total. The van der Waals surface area contributed by atoms with E-state index in [1.54, 1.807) is 13.3 Å². The topological polar surface area (TPSA) is 82.9 Å². The van der Waals surface area contributed by atoms with Crippen LogP contribution in [0.2, 0.25) is 5.02 Å². The monoisotopic (exact) mass is 542 g/mol. The van der Waals surface area contributed by atoms with Crippen LogP contribution in [0.25, 0.3) is 10.9 Å². The van der Waals surface area contributed by atoms with E-state index in [2.05, 4.69) is 9.88 Å². The molecule has 1 fully saturated rings. The predicted molar refractivity (Wildman–Crippen MR) is 150 cm³/mol. The molecule has 1 aliphatic rings. The molecule has 2 aromatic carbocycles.